The number of carbonyl (C=O) groups excluding carboxylic acids is 1. The normalized spacial score (nSPS) is 19.8. The maximum Gasteiger partial charge on any atom is 0.262 e. The molecular formula is C28H26N4O3. The predicted octanol–water partition coefficient (Wildman–Crippen LogP) is 4.49. The molecule has 0 radical (unpaired) electrons. The van der Waals surface area contributed by atoms with Crippen molar-refractivity contribution in [2.75, 3.05) is 14.2 Å². The number of carbonyl (C=O) groups is 1. The van der Waals surface area contributed by atoms with Crippen molar-refractivity contribution in [2.45, 2.75) is 25.2 Å². The second kappa shape index (κ2) is 8.60. The summed E-state index contributed by atoms with van der Waals surface area (Å²) in [6.07, 6.45) is 2.08. The zero-order valence-corrected chi connectivity index (χ0v) is 19.6. The molecule has 7 nitrogen and oxygen atoms in total. The Morgan fingerprint density at radius 1 is 0.943 bits per heavy atom. The number of methoxy groups -OCH3 is 2. The molecule has 1 N–H and O–H groups in total. The maximum absolute atomic E-state index is 13.8. The third-order valence-corrected chi connectivity index (χ3v) is 6.96. The van der Waals surface area contributed by atoms with Crippen LogP contribution in [0.2, 0.25) is 0 Å². The first-order valence-electron chi connectivity index (χ1n) is 11.7. The van der Waals surface area contributed by atoms with Gasteiger partial charge < -0.3 is 14.5 Å². The number of hydrogen-bond donors (Lipinski definition) is 1. The molecule has 35 heavy (non-hydrogen) atoms. The van der Waals surface area contributed by atoms with E-state index in [9.17, 15) is 4.79 Å². The lowest BCUT2D eigenvalue weighted by atomic mass is 9.97. The minimum Gasteiger partial charge on any atom is -0.497 e. The Morgan fingerprint density at radius 2 is 1.63 bits per heavy atom. The van der Waals surface area contributed by atoms with Crippen molar-refractivity contribution < 1.29 is 14.3 Å². The molecule has 1 aromatic heterocycles. The fourth-order valence-corrected chi connectivity index (χ4v) is 5.17. The van der Waals surface area contributed by atoms with Gasteiger partial charge in [-0.3, -0.25) is 9.69 Å². The van der Waals surface area contributed by atoms with Crippen LogP contribution in [-0.4, -0.2) is 47.3 Å². The highest BCUT2D eigenvalue weighted by Gasteiger charge is 2.49. The molecule has 3 aromatic carbocycles. The van der Waals surface area contributed by atoms with Gasteiger partial charge in [0.2, 0.25) is 0 Å². The largest absolute Gasteiger partial charge is 0.497 e. The van der Waals surface area contributed by atoms with E-state index in [0.717, 1.165) is 33.8 Å². The van der Waals surface area contributed by atoms with E-state index in [1.54, 1.807) is 25.4 Å². The lowest BCUT2D eigenvalue weighted by Gasteiger charge is -2.32. The summed E-state index contributed by atoms with van der Waals surface area (Å²) in [5, 5.41) is 7.52. The standard InChI is InChI=1S/C28H26N4O3/c1-34-20-11-7-18(8-12-20)16-29-32-27(19-9-13-21(35-2)14-10-19)31-17-25-23(15-26(31)28(32)33)22-5-3-4-6-24(22)30-25/h3-14,16,26-27,30H,15,17H2,1-2H3/b29-16+/t26-,27?/m1/s1. The van der Waals surface area contributed by atoms with Gasteiger partial charge in [-0.2, -0.15) is 5.10 Å². The van der Waals surface area contributed by atoms with Gasteiger partial charge in [0.25, 0.3) is 5.91 Å². The summed E-state index contributed by atoms with van der Waals surface area (Å²) in [5.41, 5.74) is 5.39. The number of hydrazone groups is 1. The predicted molar refractivity (Wildman–Crippen MR) is 135 cm³/mol. The number of nitrogens with one attached hydrogen (secondary N) is 1. The zero-order chi connectivity index (χ0) is 23.9. The van der Waals surface area contributed by atoms with E-state index < -0.39 is 0 Å². The van der Waals surface area contributed by atoms with Gasteiger partial charge in [0.05, 0.1) is 26.5 Å². The van der Waals surface area contributed by atoms with Gasteiger partial charge >= 0.3 is 0 Å². The van der Waals surface area contributed by atoms with Gasteiger partial charge in [-0.15, -0.1) is 0 Å². The van der Waals surface area contributed by atoms with Crippen LogP contribution in [0.25, 0.3) is 10.9 Å². The Bertz CT molecular complexity index is 1410. The highest BCUT2D eigenvalue weighted by Crippen LogP contribution is 2.42. The summed E-state index contributed by atoms with van der Waals surface area (Å²) in [6.45, 7) is 0.645. The van der Waals surface area contributed by atoms with E-state index in [4.69, 9.17) is 14.6 Å². The van der Waals surface area contributed by atoms with Gasteiger partial charge in [0, 0.05) is 23.1 Å². The fraction of sp³-hybridized carbons (Fsp3) is 0.214. The van der Waals surface area contributed by atoms with E-state index in [-0.39, 0.29) is 18.1 Å². The van der Waals surface area contributed by atoms with Crippen LogP contribution in [0.15, 0.2) is 77.9 Å². The molecule has 2 aliphatic heterocycles. The van der Waals surface area contributed by atoms with Gasteiger partial charge in [-0.1, -0.05) is 30.3 Å². The number of para-hydroxylation sites is 1. The molecule has 4 aromatic rings. The third kappa shape index (κ3) is 3.65. The van der Waals surface area contributed by atoms with E-state index in [1.807, 2.05) is 60.7 Å². The average molecular weight is 467 g/mol. The molecule has 2 aliphatic rings. The lowest BCUT2D eigenvalue weighted by molar-refractivity contribution is -0.130. The summed E-state index contributed by atoms with van der Waals surface area (Å²) in [6, 6.07) is 23.5. The zero-order valence-electron chi connectivity index (χ0n) is 19.6. The molecule has 7 heteroatoms. The number of rotatable bonds is 5. The maximum atomic E-state index is 13.8. The smallest absolute Gasteiger partial charge is 0.262 e. The number of hydrogen-bond acceptors (Lipinski definition) is 5. The number of fused-ring (bicyclic) bond motifs is 4. The molecule has 0 spiro atoms. The van der Waals surface area contributed by atoms with Crippen LogP contribution >= 0.6 is 0 Å². The second-order valence-corrected chi connectivity index (χ2v) is 8.87. The second-order valence-electron chi connectivity index (χ2n) is 8.87. The lowest BCUT2D eigenvalue weighted by Crippen LogP contribution is -2.39. The molecule has 6 rings (SSSR count). The number of nitrogens with zero attached hydrogens (tertiary/aromatic N) is 3. The SMILES string of the molecule is COc1ccc(/C=N/N2C(=O)[C@H]3Cc4c([nH]c5ccccc45)CN3C2c2ccc(OC)cc2)cc1. The summed E-state index contributed by atoms with van der Waals surface area (Å²) >= 11 is 0. The monoisotopic (exact) mass is 466 g/mol. The molecular weight excluding hydrogens is 440 g/mol. The molecule has 3 heterocycles. The Labute approximate surface area is 203 Å². The molecule has 0 bridgehead atoms. The van der Waals surface area contributed by atoms with Gasteiger partial charge in [-0.25, -0.2) is 5.01 Å². The Hall–Kier alpha value is -4.10. The summed E-state index contributed by atoms with van der Waals surface area (Å²) < 4.78 is 10.6. The average Bonchev–Trinajstić information content (AvgIpc) is 3.40. The highest BCUT2D eigenvalue weighted by atomic mass is 16.5. The van der Waals surface area contributed by atoms with Gasteiger partial charge in [-0.05, 0) is 65.6 Å². The van der Waals surface area contributed by atoms with Gasteiger partial charge in [0.15, 0.2) is 0 Å². The van der Waals surface area contributed by atoms with Crippen LogP contribution in [0.1, 0.15) is 28.6 Å². The molecule has 1 unspecified atom stereocenters. The molecule has 0 saturated carbocycles. The highest BCUT2D eigenvalue weighted by molar-refractivity contribution is 5.90. The van der Waals surface area contributed by atoms with Crippen molar-refractivity contribution in [3.63, 3.8) is 0 Å². The molecule has 176 valence electrons. The number of aromatic nitrogens is 1. The Kier molecular flexibility index (Phi) is 5.26. The minimum atomic E-state index is -0.313. The van der Waals surface area contributed by atoms with E-state index in [1.165, 1.54) is 10.9 Å². The first kappa shape index (κ1) is 21.4. The van der Waals surface area contributed by atoms with Crippen molar-refractivity contribution in [3.05, 3.63) is 95.2 Å². The van der Waals surface area contributed by atoms with Crippen LogP contribution < -0.4 is 9.47 Å². The summed E-state index contributed by atoms with van der Waals surface area (Å²) in [4.78, 5) is 19.6. The molecule has 2 atom stereocenters. The molecule has 0 aliphatic carbocycles. The number of H-pyrrole nitrogens is 1. The fourth-order valence-electron chi connectivity index (χ4n) is 5.17. The van der Waals surface area contributed by atoms with Crippen molar-refractivity contribution in [1.29, 1.82) is 0 Å². The topological polar surface area (TPSA) is 70.2 Å². The quantitative estimate of drug-likeness (QED) is 0.440. The van der Waals surface area contributed by atoms with E-state index in [2.05, 4.69) is 22.0 Å². The first-order chi connectivity index (χ1) is 17.2. The van der Waals surface area contributed by atoms with Crippen molar-refractivity contribution in [3.8, 4) is 11.5 Å². The number of ether oxygens (including phenoxy) is 2. The van der Waals surface area contributed by atoms with Crippen LogP contribution in [-0.2, 0) is 17.8 Å². The summed E-state index contributed by atoms with van der Waals surface area (Å²) in [7, 11) is 3.29. The number of aromatic amines is 1. The Morgan fingerprint density at radius 3 is 2.34 bits per heavy atom. The Balaban J connectivity index is 1.39. The third-order valence-electron chi connectivity index (χ3n) is 6.96. The van der Waals surface area contributed by atoms with Crippen molar-refractivity contribution in [2.24, 2.45) is 5.10 Å². The molecule has 1 saturated heterocycles. The number of amides is 1. The number of benzene rings is 3. The van der Waals surface area contributed by atoms with Crippen LogP contribution in [0.3, 0.4) is 0 Å². The van der Waals surface area contributed by atoms with Crippen LogP contribution in [0.5, 0.6) is 11.5 Å². The first-order valence-corrected chi connectivity index (χ1v) is 11.7. The van der Waals surface area contributed by atoms with Crippen molar-refractivity contribution >= 4 is 23.0 Å². The van der Waals surface area contributed by atoms with Crippen LogP contribution in [0.4, 0.5) is 0 Å². The molecule has 1 fully saturated rings. The van der Waals surface area contributed by atoms with Gasteiger partial charge in [0.1, 0.15) is 17.7 Å². The van der Waals surface area contributed by atoms with E-state index in [0.29, 0.717) is 13.0 Å². The molecule has 1 amide bonds. The van der Waals surface area contributed by atoms with Crippen molar-refractivity contribution in [1.82, 2.24) is 14.9 Å². The van der Waals surface area contributed by atoms with E-state index >= 15 is 0 Å². The minimum absolute atomic E-state index is 0.00603. The summed E-state index contributed by atoms with van der Waals surface area (Å²) in [5.74, 6) is 1.56. The van der Waals surface area contributed by atoms with Crippen LogP contribution in [0, 0.1) is 0 Å².